The third kappa shape index (κ3) is 8.51. The zero-order valence-electron chi connectivity index (χ0n) is 33.8. The van der Waals surface area contributed by atoms with E-state index in [1.54, 1.807) is 11.3 Å². The van der Waals surface area contributed by atoms with E-state index in [0.29, 0.717) is 5.92 Å². The Morgan fingerprint density at radius 1 is 0.887 bits per heavy atom. The van der Waals surface area contributed by atoms with Crippen molar-refractivity contribution in [2.75, 3.05) is 0 Å². The predicted octanol–water partition coefficient (Wildman–Crippen LogP) is 14.3. The minimum Gasteiger partial charge on any atom is -0.512 e. The second-order valence-electron chi connectivity index (χ2n) is 16.6. The van der Waals surface area contributed by atoms with E-state index in [2.05, 4.69) is 96.1 Å². The molecule has 0 spiro atoms. The maximum atomic E-state index is 12.2. The summed E-state index contributed by atoms with van der Waals surface area (Å²) in [7, 11) is 0. The zero-order chi connectivity index (χ0) is 38.2. The van der Waals surface area contributed by atoms with Crippen LogP contribution in [-0.2, 0) is 36.7 Å². The number of carbonyl (C=O) groups excluding carboxylic acids is 1. The summed E-state index contributed by atoms with van der Waals surface area (Å²) in [5.74, 6) is 1.97. The summed E-state index contributed by atoms with van der Waals surface area (Å²) in [5, 5.41) is 16.3. The number of allylic oxidation sites excluding steroid dienone is 2. The molecule has 1 N–H and O–H groups in total. The van der Waals surface area contributed by atoms with Crippen LogP contribution in [-0.4, -0.2) is 15.9 Å². The summed E-state index contributed by atoms with van der Waals surface area (Å²) in [5.41, 5.74) is 5.06. The fourth-order valence-corrected chi connectivity index (χ4v) is 8.10. The fourth-order valence-electron chi connectivity index (χ4n) is 6.89. The van der Waals surface area contributed by atoms with Gasteiger partial charge in [0.25, 0.3) is 0 Å². The molecule has 4 nitrogen and oxygen atoms in total. The van der Waals surface area contributed by atoms with E-state index in [0.717, 1.165) is 60.1 Å². The van der Waals surface area contributed by atoms with Crippen molar-refractivity contribution >= 4 is 59.0 Å². The first-order chi connectivity index (χ1) is 24.5. The maximum absolute atomic E-state index is 12.2. The van der Waals surface area contributed by atoms with Crippen molar-refractivity contribution < 1.29 is 34.4 Å². The first-order valence-electron chi connectivity index (χ1n) is 19.1. The summed E-state index contributed by atoms with van der Waals surface area (Å²) in [4.78, 5) is 17.1. The molecule has 0 aliphatic heterocycles. The van der Waals surface area contributed by atoms with Crippen LogP contribution < -0.4 is 0 Å². The van der Waals surface area contributed by atoms with Crippen molar-refractivity contribution in [1.29, 1.82) is 0 Å². The number of hydrogen-bond acceptors (Lipinski definition) is 5. The molecular formula is C47H58IrNO3S-. The number of aliphatic hydroxyl groups excluding tert-OH is 1. The van der Waals surface area contributed by atoms with Gasteiger partial charge in [0.05, 0.1) is 0 Å². The van der Waals surface area contributed by atoms with Gasteiger partial charge < -0.3 is 9.52 Å². The predicted molar refractivity (Wildman–Crippen MR) is 224 cm³/mol. The molecule has 0 unspecified atom stereocenters. The van der Waals surface area contributed by atoms with Crippen LogP contribution in [0.5, 0.6) is 0 Å². The van der Waals surface area contributed by atoms with Crippen LogP contribution >= 0.6 is 11.3 Å². The number of thiophene rings is 1. The molecular weight excluding hydrogens is 851 g/mol. The molecule has 3 aromatic carbocycles. The summed E-state index contributed by atoms with van der Waals surface area (Å²) in [6.07, 6.45) is 7.67. The summed E-state index contributed by atoms with van der Waals surface area (Å²) >= 11 is 1.80. The standard InChI is InChI=1S/C32H30NOS.C15H28O2.Ir/c1-18(2)13-27-19(3)24-16-25-23-11-12-33-30(31(23)35-29(25)17-28(24)34-27)21-14-20-9-7-8-10-22(20)26(15-21)32(4,5)6;1-7-14(5,8-2)12(16)11-13(17)15(6,9-3)10-4;/h7-12,15-18H,13H2,1-6H3;11,16H,7-10H2,1-6H3;/q-1;;/b;12-11-;. The second kappa shape index (κ2) is 16.6. The van der Waals surface area contributed by atoms with E-state index in [9.17, 15) is 9.90 Å². The molecule has 6 aromatic rings. The maximum Gasteiger partial charge on any atom is 0.164 e. The van der Waals surface area contributed by atoms with Gasteiger partial charge >= 0.3 is 0 Å². The number of aryl methyl sites for hydroxylation is 1. The first-order valence-corrected chi connectivity index (χ1v) is 20.0. The van der Waals surface area contributed by atoms with Crippen molar-refractivity contribution in [3.8, 4) is 11.3 Å². The number of aliphatic hydroxyl groups is 1. The molecule has 3 aromatic heterocycles. The van der Waals surface area contributed by atoms with E-state index >= 15 is 0 Å². The van der Waals surface area contributed by atoms with Gasteiger partial charge in [0, 0.05) is 75.5 Å². The molecule has 0 saturated heterocycles. The number of furan rings is 1. The molecule has 0 aliphatic carbocycles. The Morgan fingerprint density at radius 3 is 2.13 bits per heavy atom. The van der Waals surface area contributed by atoms with E-state index in [1.807, 2.05) is 47.7 Å². The summed E-state index contributed by atoms with van der Waals surface area (Å²) in [6.45, 7) is 25.6. The van der Waals surface area contributed by atoms with Gasteiger partial charge in [-0.05, 0) is 73.1 Å². The average Bonchev–Trinajstić information content (AvgIpc) is 3.64. The topological polar surface area (TPSA) is 63.3 Å². The molecule has 0 amide bonds. The Hall–Kier alpha value is -3.31. The van der Waals surface area contributed by atoms with Gasteiger partial charge in [-0.15, -0.1) is 40.5 Å². The zero-order valence-corrected chi connectivity index (χ0v) is 37.1. The Balaban J connectivity index is 0.000000299. The number of hydrogen-bond donors (Lipinski definition) is 1. The van der Waals surface area contributed by atoms with Crippen LogP contribution in [0.3, 0.4) is 0 Å². The number of ketones is 1. The molecule has 6 rings (SSSR count). The van der Waals surface area contributed by atoms with Crippen LogP contribution in [0.2, 0.25) is 0 Å². The third-order valence-corrected chi connectivity index (χ3v) is 12.8. The Kier molecular flexibility index (Phi) is 13.3. The molecule has 0 bridgehead atoms. The molecule has 0 fully saturated rings. The van der Waals surface area contributed by atoms with Gasteiger partial charge in [-0.1, -0.05) is 105 Å². The molecule has 0 aliphatic rings. The minimum absolute atomic E-state index is 0. The number of rotatable bonds is 10. The van der Waals surface area contributed by atoms with Gasteiger partial charge in [-0.2, -0.15) is 0 Å². The van der Waals surface area contributed by atoms with Crippen molar-refractivity contribution in [3.63, 3.8) is 0 Å². The minimum atomic E-state index is -0.337. The van der Waals surface area contributed by atoms with E-state index in [4.69, 9.17) is 9.40 Å². The molecule has 285 valence electrons. The summed E-state index contributed by atoms with van der Waals surface area (Å²) < 4.78 is 8.76. The van der Waals surface area contributed by atoms with Crippen LogP contribution in [0.1, 0.15) is 119 Å². The molecule has 1 radical (unpaired) electrons. The molecule has 0 saturated carbocycles. The number of benzene rings is 3. The average molecular weight is 909 g/mol. The smallest absolute Gasteiger partial charge is 0.164 e. The Morgan fingerprint density at radius 2 is 1.53 bits per heavy atom. The number of aromatic nitrogens is 1. The van der Waals surface area contributed by atoms with E-state index < -0.39 is 0 Å². The Bertz CT molecular complexity index is 2260. The van der Waals surface area contributed by atoms with Gasteiger partial charge in [-0.25, -0.2) is 0 Å². The monoisotopic (exact) mass is 909 g/mol. The first kappa shape index (κ1) is 42.4. The van der Waals surface area contributed by atoms with Crippen LogP contribution in [0.15, 0.2) is 71.0 Å². The molecule has 0 atom stereocenters. The number of carbonyl (C=O) groups is 1. The fraction of sp³-hybridized carbons (Fsp3) is 0.447. The number of pyridine rings is 1. The van der Waals surface area contributed by atoms with Crippen molar-refractivity contribution in [3.05, 3.63) is 89.5 Å². The Labute approximate surface area is 334 Å². The van der Waals surface area contributed by atoms with Gasteiger partial charge in [0.2, 0.25) is 0 Å². The van der Waals surface area contributed by atoms with Gasteiger partial charge in [0.1, 0.15) is 17.1 Å². The molecule has 3 heterocycles. The SMILES string of the molecule is CCC(C)(CC)C(=O)/C=C(\O)C(C)(CC)CC.Cc1c(CC(C)C)oc2cc3sc4c(-c5[c-]c6ccccc6c(C(C)(C)C)c5)nccc4c3cc12.[Ir]. The van der Waals surface area contributed by atoms with Gasteiger partial charge in [-0.3, -0.25) is 9.78 Å². The van der Waals surface area contributed by atoms with Crippen molar-refractivity contribution in [1.82, 2.24) is 4.98 Å². The molecule has 6 heteroatoms. The normalized spacial score (nSPS) is 12.8. The van der Waals surface area contributed by atoms with Crippen LogP contribution in [0.4, 0.5) is 0 Å². The van der Waals surface area contributed by atoms with Crippen LogP contribution in [0.25, 0.3) is 53.2 Å². The van der Waals surface area contributed by atoms with Crippen molar-refractivity contribution in [2.24, 2.45) is 16.7 Å². The van der Waals surface area contributed by atoms with Gasteiger partial charge in [0.15, 0.2) is 5.78 Å². The second-order valence-corrected chi connectivity index (χ2v) is 17.6. The summed E-state index contributed by atoms with van der Waals surface area (Å²) in [6, 6.07) is 21.2. The number of nitrogens with zero attached hydrogens (tertiary/aromatic N) is 1. The van der Waals surface area contributed by atoms with Crippen molar-refractivity contribution in [2.45, 2.75) is 121 Å². The van der Waals surface area contributed by atoms with E-state index in [1.165, 1.54) is 48.1 Å². The quantitative estimate of drug-likeness (QED) is 0.0845. The van der Waals surface area contributed by atoms with E-state index in [-0.39, 0.29) is 47.9 Å². The molecule has 53 heavy (non-hydrogen) atoms. The van der Waals surface area contributed by atoms with Crippen LogP contribution in [0, 0.1) is 29.7 Å². The third-order valence-electron chi connectivity index (χ3n) is 11.6. The number of fused-ring (bicyclic) bond motifs is 5. The largest absolute Gasteiger partial charge is 0.512 e.